The summed E-state index contributed by atoms with van der Waals surface area (Å²) in [4.78, 5) is 13.8. The van der Waals surface area contributed by atoms with Crippen molar-refractivity contribution in [2.75, 3.05) is 13.1 Å². The number of hydrogen-bond acceptors (Lipinski definition) is 1. The summed E-state index contributed by atoms with van der Waals surface area (Å²) in [6.07, 6.45) is 3.58. The monoisotopic (exact) mass is 281 g/mol. The van der Waals surface area contributed by atoms with Gasteiger partial charge in [0.15, 0.2) is 0 Å². The van der Waals surface area contributed by atoms with Gasteiger partial charge in [0.1, 0.15) is 0 Å². The van der Waals surface area contributed by atoms with E-state index in [1.165, 1.54) is 10.6 Å². The van der Waals surface area contributed by atoms with Gasteiger partial charge in [-0.25, -0.2) is 0 Å². The molecule has 2 nitrogen and oxygen atoms in total. The standard InChI is InChI=1S/C13H15NOSe/c15-13(14-8-10-16-11-9-14)7-6-12-4-2-1-3-5-12/h1-7H,8-11H2. The van der Waals surface area contributed by atoms with Crippen LogP contribution in [-0.2, 0) is 4.79 Å². The number of nitrogens with zero attached hydrogens (tertiary/aromatic N) is 1. The quantitative estimate of drug-likeness (QED) is 0.600. The number of benzene rings is 1. The van der Waals surface area contributed by atoms with Gasteiger partial charge in [-0.15, -0.1) is 0 Å². The number of carbonyl (C=O) groups is 1. The maximum atomic E-state index is 11.8. The van der Waals surface area contributed by atoms with Crippen LogP contribution in [0.15, 0.2) is 36.4 Å². The molecule has 0 spiro atoms. The average Bonchev–Trinajstić information content (AvgIpc) is 2.38. The molecule has 1 saturated heterocycles. The van der Waals surface area contributed by atoms with E-state index >= 15 is 0 Å². The molecule has 1 fully saturated rings. The van der Waals surface area contributed by atoms with Gasteiger partial charge in [-0.2, -0.15) is 0 Å². The first-order chi connectivity index (χ1) is 7.86. The third-order valence-corrected chi connectivity index (χ3v) is 4.52. The summed E-state index contributed by atoms with van der Waals surface area (Å²) < 4.78 is 0. The van der Waals surface area contributed by atoms with E-state index in [1.807, 2.05) is 41.3 Å². The van der Waals surface area contributed by atoms with Crippen molar-refractivity contribution in [2.24, 2.45) is 0 Å². The van der Waals surface area contributed by atoms with Crippen LogP contribution < -0.4 is 0 Å². The molecule has 0 aliphatic carbocycles. The van der Waals surface area contributed by atoms with E-state index in [0.717, 1.165) is 33.6 Å². The molecule has 1 aromatic carbocycles. The topological polar surface area (TPSA) is 20.3 Å². The van der Waals surface area contributed by atoms with E-state index in [-0.39, 0.29) is 5.91 Å². The van der Waals surface area contributed by atoms with Crippen LogP contribution in [0.25, 0.3) is 6.08 Å². The molecule has 0 N–H and O–H groups in total. The van der Waals surface area contributed by atoms with E-state index in [0.29, 0.717) is 0 Å². The zero-order chi connectivity index (χ0) is 11.2. The number of rotatable bonds is 2. The number of hydrogen-bond donors (Lipinski definition) is 0. The molecule has 1 aliphatic heterocycles. The molecule has 1 aliphatic rings. The third kappa shape index (κ3) is 3.22. The summed E-state index contributed by atoms with van der Waals surface area (Å²) in [5.41, 5.74) is 1.08. The molecule has 0 unspecified atom stereocenters. The first kappa shape index (κ1) is 11.4. The van der Waals surface area contributed by atoms with E-state index < -0.39 is 0 Å². The summed E-state index contributed by atoms with van der Waals surface area (Å²) in [5.74, 6) is 0.152. The van der Waals surface area contributed by atoms with Crippen molar-refractivity contribution in [1.82, 2.24) is 4.90 Å². The Hall–Kier alpha value is -1.05. The molecule has 84 valence electrons. The molecule has 0 aromatic heterocycles. The first-order valence-electron chi connectivity index (χ1n) is 5.46. The van der Waals surface area contributed by atoms with Crippen molar-refractivity contribution in [3.63, 3.8) is 0 Å². The van der Waals surface area contributed by atoms with Crippen LogP contribution in [-0.4, -0.2) is 38.9 Å². The Balaban J connectivity index is 1.93. The second-order valence-corrected chi connectivity index (χ2v) is 6.25. The Bertz CT molecular complexity index is 369. The first-order valence-corrected chi connectivity index (χ1v) is 7.88. The molecular formula is C13H15NOSe. The van der Waals surface area contributed by atoms with Crippen LogP contribution in [0.2, 0.25) is 10.6 Å². The molecule has 1 aromatic rings. The second-order valence-electron chi connectivity index (χ2n) is 3.68. The predicted octanol–water partition coefficient (Wildman–Crippen LogP) is 2.08. The zero-order valence-electron chi connectivity index (χ0n) is 9.13. The molecule has 2 rings (SSSR count). The Morgan fingerprint density at radius 3 is 2.56 bits per heavy atom. The minimum atomic E-state index is 0.152. The molecule has 16 heavy (non-hydrogen) atoms. The average molecular weight is 280 g/mol. The van der Waals surface area contributed by atoms with Crippen molar-refractivity contribution >= 4 is 26.9 Å². The van der Waals surface area contributed by atoms with E-state index in [4.69, 9.17) is 0 Å². The summed E-state index contributed by atoms with van der Waals surface area (Å²) in [7, 11) is 0. The summed E-state index contributed by atoms with van der Waals surface area (Å²) in [6, 6.07) is 9.94. The van der Waals surface area contributed by atoms with Crippen LogP contribution in [0.3, 0.4) is 0 Å². The molecule has 0 atom stereocenters. The van der Waals surface area contributed by atoms with E-state index in [1.54, 1.807) is 6.08 Å². The van der Waals surface area contributed by atoms with Gasteiger partial charge in [-0.05, 0) is 0 Å². The van der Waals surface area contributed by atoms with Crippen molar-refractivity contribution in [3.8, 4) is 0 Å². The van der Waals surface area contributed by atoms with Gasteiger partial charge in [0.05, 0.1) is 0 Å². The molecule has 0 radical (unpaired) electrons. The zero-order valence-corrected chi connectivity index (χ0v) is 10.8. The molecule has 0 bridgehead atoms. The van der Waals surface area contributed by atoms with Gasteiger partial charge in [-0.3, -0.25) is 0 Å². The fraction of sp³-hybridized carbons (Fsp3) is 0.308. The van der Waals surface area contributed by atoms with Crippen molar-refractivity contribution < 1.29 is 4.79 Å². The Kier molecular flexibility index (Phi) is 4.20. The molecule has 3 heteroatoms. The van der Waals surface area contributed by atoms with Gasteiger partial charge in [0, 0.05) is 0 Å². The third-order valence-electron chi connectivity index (χ3n) is 2.54. The molecular weight excluding hydrogens is 265 g/mol. The van der Waals surface area contributed by atoms with Gasteiger partial charge >= 0.3 is 102 Å². The second kappa shape index (κ2) is 5.88. The van der Waals surface area contributed by atoms with Gasteiger partial charge < -0.3 is 0 Å². The summed E-state index contributed by atoms with van der Waals surface area (Å²) in [6.45, 7) is 1.88. The summed E-state index contributed by atoms with van der Waals surface area (Å²) >= 11 is 0.764. The summed E-state index contributed by atoms with van der Waals surface area (Å²) in [5, 5.41) is 2.41. The van der Waals surface area contributed by atoms with Crippen LogP contribution in [0, 0.1) is 0 Å². The normalized spacial score (nSPS) is 16.6. The Morgan fingerprint density at radius 1 is 1.19 bits per heavy atom. The SMILES string of the molecule is O=C(C=Cc1ccccc1)N1CC[Se]CC1. The Morgan fingerprint density at radius 2 is 1.88 bits per heavy atom. The van der Waals surface area contributed by atoms with Crippen LogP contribution in [0.4, 0.5) is 0 Å². The molecule has 1 amide bonds. The van der Waals surface area contributed by atoms with Crippen LogP contribution in [0.1, 0.15) is 5.56 Å². The van der Waals surface area contributed by atoms with Crippen molar-refractivity contribution in [1.29, 1.82) is 0 Å². The van der Waals surface area contributed by atoms with E-state index in [9.17, 15) is 4.79 Å². The molecule has 1 heterocycles. The van der Waals surface area contributed by atoms with Gasteiger partial charge in [-0.1, -0.05) is 0 Å². The molecule has 0 saturated carbocycles. The van der Waals surface area contributed by atoms with Gasteiger partial charge in [0.2, 0.25) is 0 Å². The number of carbonyl (C=O) groups excluding carboxylic acids is 1. The maximum absolute atomic E-state index is 11.8. The fourth-order valence-corrected chi connectivity index (χ4v) is 3.52. The van der Waals surface area contributed by atoms with Crippen molar-refractivity contribution in [2.45, 2.75) is 10.6 Å². The fourth-order valence-electron chi connectivity index (χ4n) is 1.62. The number of amides is 1. The Labute approximate surface area is 102 Å². The van der Waals surface area contributed by atoms with Crippen LogP contribution >= 0.6 is 0 Å². The van der Waals surface area contributed by atoms with Gasteiger partial charge in [0.25, 0.3) is 0 Å². The minimum absolute atomic E-state index is 0.152. The predicted molar refractivity (Wildman–Crippen MR) is 67.4 cm³/mol. The van der Waals surface area contributed by atoms with Crippen LogP contribution in [0.5, 0.6) is 0 Å². The van der Waals surface area contributed by atoms with E-state index in [2.05, 4.69) is 0 Å². The van der Waals surface area contributed by atoms with Crippen molar-refractivity contribution in [3.05, 3.63) is 42.0 Å².